The van der Waals surface area contributed by atoms with Crippen LogP contribution in [-0.2, 0) is 14.3 Å². The van der Waals surface area contributed by atoms with E-state index in [-0.39, 0.29) is 17.9 Å². The summed E-state index contributed by atoms with van der Waals surface area (Å²) in [6.45, 7) is 4.33. The van der Waals surface area contributed by atoms with E-state index in [4.69, 9.17) is 9.84 Å². The summed E-state index contributed by atoms with van der Waals surface area (Å²) in [5, 5.41) is 11.7. The number of aliphatic carboxylic acids is 1. The molecule has 0 aromatic carbocycles. The van der Waals surface area contributed by atoms with Gasteiger partial charge in [-0.2, -0.15) is 0 Å². The number of hydrogen-bond acceptors (Lipinski definition) is 3. The Morgan fingerprint density at radius 2 is 2.00 bits per heavy atom. The zero-order valence-electron chi connectivity index (χ0n) is 9.95. The van der Waals surface area contributed by atoms with Crippen molar-refractivity contribution >= 4 is 11.9 Å². The SMILES string of the molecule is COCC(NC(=O)C1(C(=O)O)CC1)C(C)C. The molecule has 1 saturated carbocycles. The van der Waals surface area contributed by atoms with Crippen LogP contribution in [0.25, 0.3) is 0 Å². The van der Waals surface area contributed by atoms with Crippen molar-refractivity contribution < 1.29 is 19.4 Å². The van der Waals surface area contributed by atoms with E-state index in [9.17, 15) is 9.59 Å². The molecule has 1 amide bonds. The molecule has 2 N–H and O–H groups in total. The highest BCUT2D eigenvalue weighted by atomic mass is 16.5. The van der Waals surface area contributed by atoms with Gasteiger partial charge in [0.2, 0.25) is 5.91 Å². The van der Waals surface area contributed by atoms with Gasteiger partial charge in [0.15, 0.2) is 0 Å². The van der Waals surface area contributed by atoms with E-state index >= 15 is 0 Å². The number of carbonyl (C=O) groups excluding carboxylic acids is 1. The second-order valence-electron chi connectivity index (χ2n) is 4.67. The number of amides is 1. The molecule has 0 aromatic rings. The van der Waals surface area contributed by atoms with Gasteiger partial charge in [-0.25, -0.2) is 0 Å². The summed E-state index contributed by atoms with van der Waals surface area (Å²) in [5.74, 6) is -1.19. The third-order valence-electron chi connectivity index (χ3n) is 3.06. The number of carboxylic acids is 1. The fourth-order valence-electron chi connectivity index (χ4n) is 1.55. The average molecular weight is 229 g/mol. The molecule has 1 unspecified atom stereocenters. The van der Waals surface area contributed by atoms with Gasteiger partial charge in [0.25, 0.3) is 0 Å². The molecule has 0 aliphatic heterocycles. The van der Waals surface area contributed by atoms with Gasteiger partial charge in [-0.3, -0.25) is 9.59 Å². The highest BCUT2D eigenvalue weighted by molar-refractivity contribution is 6.04. The molecule has 0 aromatic heterocycles. The van der Waals surface area contributed by atoms with Crippen LogP contribution >= 0.6 is 0 Å². The standard InChI is InChI=1S/C11H19NO4/c1-7(2)8(6-16-3)12-9(13)11(4-5-11)10(14)15/h7-8H,4-6H2,1-3H3,(H,12,13)(H,14,15). The van der Waals surface area contributed by atoms with Gasteiger partial charge in [0.1, 0.15) is 5.41 Å². The summed E-state index contributed by atoms with van der Waals surface area (Å²) in [4.78, 5) is 22.8. The third kappa shape index (κ3) is 2.52. The summed E-state index contributed by atoms with van der Waals surface area (Å²) >= 11 is 0. The molecule has 1 atom stereocenters. The molecule has 1 aliphatic rings. The number of methoxy groups -OCH3 is 1. The van der Waals surface area contributed by atoms with Crippen LogP contribution in [0.2, 0.25) is 0 Å². The van der Waals surface area contributed by atoms with Crippen molar-refractivity contribution in [2.45, 2.75) is 32.7 Å². The highest BCUT2D eigenvalue weighted by Gasteiger charge is 2.57. The molecule has 0 saturated heterocycles. The van der Waals surface area contributed by atoms with Crippen molar-refractivity contribution in [1.82, 2.24) is 5.32 Å². The van der Waals surface area contributed by atoms with E-state index in [1.807, 2.05) is 13.8 Å². The van der Waals surface area contributed by atoms with Gasteiger partial charge in [0, 0.05) is 7.11 Å². The number of ether oxygens (including phenoxy) is 1. The number of rotatable bonds is 6. The van der Waals surface area contributed by atoms with E-state index in [1.165, 1.54) is 0 Å². The molecular formula is C11H19NO4. The second kappa shape index (κ2) is 4.82. The minimum Gasteiger partial charge on any atom is -0.480 e. The quantitative estimate of drug-likeness (QED) is 0.655. The molecule has 1 rings (SSSR count). The Kier molecular flexibility index (Phi) is 3.91. The van der Waals surface area contributed by atoms with Crippen molar-refractivity contribution in [1.29, 1.82) is 0 Å². The largest absolute Gasteiger partial charge is 0.480 e. The predicted molar refractivity (Wildman–Crippen MR) is 57.9 cm³/mol. The van der Waals surface area contributed by atoms with Crippen molar-refractivity contribution in [2.24, 2.45) is 11.3 Å². The fraction of sp³-hybridized carbons (Fsp3) is 0.818. The third-order valence-corrected chi connectivity index (χ3v) is 3.06. The first-order valence-corrected chi connectivity index (χ1v) is 5.47. The van der Waals surface area contributed by atoms with E-state index in [1.54, 1.807) is 7.11 Å². The lowest BCUT2D eigenvalue weighted by Gasteiger charge is -2.23. The molecule has 0 spiro atoms. The van der Waals surface area contributed by atoms with Crippen LogP contribution in [0.3, 0.4) is 0 Å². The van der Waals surface area contributed by atoms with Crippen molar-refractivity contribution in [3.63, 3.8) is 0 Å². The van der Waals surface area contributed by atoms with Crippen LogP contribution in [0.15, 0.2) is 0 Å². The van der Waals surface area contributed by atoms with E-state index in [2.05, 4.69) is 5.32 Å². The Labute approximate surface area is 95.2 Å². The summed E-state index contributed by atoms with van der Waals surface area (Å²) in [5.41, 5.74) is -1.17. The van der Waals surface area contributed by atoms with E-state index in [0.29, 0.717) is 19.4 Å². The normalized spacial score (nSPS) is 19.2. The van der Waals surface area contributed by atoms with Gasteiger partial charge >= 0.3 is 5.97 Å². The maximum atomic E-state index is 11.8. The molecule has 5 nitrogen and oxygen atoms in total. The van der Waals surface area contributed by atoms with Gasteiger partial charge in [-0.15, -0.1) is 0 Å². The number of nitrogens with one attached hydrogen (secondary N) is 1. The molecule has 5 heteroatoms. The maximum Gasteiger partial charge on any atom is 0.319 e. The van der Waals surface area contributed by atoms with Crippen LogP contribution < -0.4 is 5.32 Å². The van der Waals surface area contributed by atoms with Crippen LogP contribution in [0.1, 0.15) is 26.7 Å². The smallest absolute Gasteiger partial charge is 0.319 e. The summed E-state index contributed by atoms with van der Waals surface area (Å²) in [6, 6.07) is -0.130. The number of carboxylic acid groups (broad SMARTS) is 1. The molecular weight excluding hydrogens is 210 g/mol. The summed E-state index contributed by atoms with van der Waals surface area (Å²) < 4.78 is 5.00. The monoisotopic (exact) mass is 229 g/mol. The molecule has 0 radical (unpaired) electrons. The Balaban J connectivity index is 2.59. The lowest BCUT2D eigenvalue weighted by atomic mass is 10.0. The van der Waals surface area contributed by atoms with Crippen molar-refractivity contribution in [3.8, 4) is 0 Å². The topological polar surface area (TPSA) is 75.6 Å². The first-order valence-electron chi connectivity index (χ1n) is 5.47. The zero-order valence-corrected chi connectivity index (χ0v) is 9.95. The summed E-state index contributed by atoms with van der Waals surface area (Å²) in [6.07, 6.45) is 0.873. The van der Waals surface area contributed by atoms with Gasteiger partial charge < -0.3 is 15.2 Å². The molecule has 92 valence electrons. The molecule has 0 heterocycles. The lowest BCUT2D eigenvalue weighted by Crippen LogP contribution is -2.47. The highest BCUT2D eigenvalue weighted by Crippen LogP contribution is 2.46. The predicted octanol–water partition coefficient (Wildman–Crippen LogP) is 0.638. The Hall–Kier alpha value is -1.10. The van der Waals surface area contributed by atoms with Crippen LogP contribution in [0.5, 0.6) is 0 Å². The average Bonchev–Trinajstić information content (AvgIpc) is 2.97. The van der Waals surface area contributed by atoms with Gasteiger partial charge in [0.05, 0.1) is 12.6 Å². The van der Waals surface area contributed by atoms with Gasteiger partial charge in [-0.1, -0.05) is 13.8 Å². The van der Waals surface area contributed by atoms with Crippen LogP contribution in [-0.4, -0.2) is 36.7 Å². The molecule has 1 aliphatic carbocycles. The minimum absolute atomic E-state index is 0.130. The Bertz CT molecular complexity index is 284. The number of carbonyl (C=O) groups is 2. The zero-order chi connectivity index (χ0) is 12.3. The lowest BCUT2D eigenvalue weighted by molar-refractivity contribution is -0.149. The van der Waals surface area contributed by atoms with Crippen LogP contribution in [0, 0.1) is 11.3 Å². The van der Waals surface area contributed by atoms with Gasteiger partial charge in [-0.05, 0) is 18.8 Å². The Morgan fingerprint density at radius 3 is 2.31 bits per heavy atom. The number of hydrogen-bond donors (Lipinski definition) is 2. The second-order valence-corrected chi connectivity index (χ2v) is 4.67. The molecule has 0 bridgehead atoms. The Morgan fingerprint density at radius 1 is 1.44 bits per heavy atom. The first kappa shape index (κ1) is 13.0. The molecule has 1 fully saturated rings. The minimum atomic E-state index is -1.17. The van der Waals surface area contributed by atoms with Crippen molar-refractivity contribution in [2.75, 3.05) is 13.7 Å². The van der Waals surface area contributed by atoms with Crippen molar-refractivity contribution in [3.05, 3.63) is 0 Å². The molecule has 16 heavy (non-hydrogen) atoms. The van der Waals surface area contributed by atoms with E-state index in [0.717, 1.165) is 0 Å². The fourth-order valence-corrected chi connectivity index (χ4v) is 1.55. The summed E-state index contributed by atoms with van der Waals surface area (Å²) in [7, 11) is 1.56. The maximum absolute atomic E-state index is 11.8. The van der Waals surface area contributed by atoms with Crippen LogP contribution in [0.4, 0.5) is 0 Å². The first-order chi connectivity index (χ1) is 7.44. The van der Waals surface area contributed by atoms with E-state index < -0.39 is 11.4 Å².